The lowest BCUT2D eigenvalue weighted by Crippen LogP contribution is -2.12. The topological polar surface area (TPSA) is 44.0 Å². The summed E-state index contributed by atoms with van der Waals surface area (Å²) in [5.41, 5.74) is -1.35. The van der Waals surface area contributed by atoms with E-state index in [-0.39, 0.29) is 28.7 Å². The highest BCUT2D eigenvalue weighted by atomic mass is 19.2. The summed E-state index contributed by atoms with van der Waals surface area (Å²) in [6, 6.07) is 4.01. The Morgan fingerprint density at radius 1 is 1.21 bits per heavy atom. The highest BCUT2D eigenvalue weighted by Gasteiger charge is 2.37. The third-order valence-corrected chi connectivity index (χ3v) is 4.93. The van der Waals surface area contributed by atoms with Gasteiger partial charge in [-0.15, -0.1) is 0 Å². The Morgan fingerprint density at radius 2 is 1.89 bits per heavy atom. The fourth-order valence-corrected chi connectivity index (χ4v) is 3.57. The largest absolute Gasteiger partial charge is 0.385 e. The van der Waals surface area contributed by atoms with Crippen LogP contribution in [0.2, 0.25) is 0 Å². The molecule has 0 fully saturated rings. The zero-order valence-electron chi connectivity index (χ0n) is 14.6. The zero-order chi connectivity index (χ0) is 20.7. The van der Waals surface area contributed by atoms with Crippen LogP contribution in [0.15, 0.2) is 18.2 Å². The van der Waals surface area contributed by atoms with Gasteiger partial charge in [-0.05, 0) is 53.8 Å². The first-order chi connectivity index (χ1) is 13.1. The summed E-state index contributed by atoms with van der Waals surface area (Å²) in [5, 5.41) is 19.1. The molecule has 8 heteroatoms. The Hall–Kier alpha value is -2.53. The number of halogens is 6. The third kappa shape index (κ3) is 3.35. The van der Waals surface area contributed by atoms with Gasteiger partial charge in [0.25, 0.3) is 0 Å². The summed E-state index contributed by atoms with van der Waals surface area (Å²) in [6.45, 7) is 0.921. The monoisotopic (exact) mass is 399 g/mol. The molecule has 0 aromatic heterocycles. The summed E-state index contributed by atoms with van der Waals surface area (Å²) in [7, 11) is 0. The predicted molar refractivity (Wildman–Crippen MR) is 88.3 cm³/mol. The minimum atomic E-state index is -2.25. The molecule has 1 aliphatic carbocycles. The smallest absolute Gasteiger partial charge is 0.165 e. The average Bonchev–Trinajstić information content (AvgIpc) is 2.94. The Morgan fingerprint density at radius 3 is 2.50 bits per heavy atom. The lowest BCUT2D eigenvalue weighted by molar-refractivity contribution is 0.0895. The van der Waals surface area contributed by atoms with Crippen molar-refractivity contribution in [3.05, 3.63) is 69.0 Å². The Labute approximate surface area is 157 Å². The Bertz CT molecular complexity index is 968. The van der Waals surface area contributed by atoms with Crippen LogP contribution >= 0.6 is 0 Å². The van der Waals surface area contributed by atoms with Crippen molar-refractivity contribution in [2.75, 3.05) is 0 Å². The number of hydrogen-bond donors (Lipinski definition) is 1. The number of nitriles is 1. The molecule has 0 saturated carbocycles. The normalized spacial score (nSPS) is 20.5. The molecule has 148 valence electrons. The van der Waals surface area contributed by atoms with Crippen molar-refractivity contribution in [3.8, 4) is 6.07 Å². The van der Waals surface area contributed by atoms with E-state index in [0.717, 1.165) is 25.1 Å². The molecule has 0 aliphatic heterocycles. The van der Waals surface area contributed by atoms with Crippen molar-refractivity contribution in [1.29, 1.82) is 5.26 Å². The van der Waals surface area contributed by atoms with Gasteiger partial charge in [0.15, 0.2) is 17.8 Å². The molecular formula is C20H15F6NO. The summed E-state index contributed by atoms with van der Waals surface area (Å²) >= 11 is 0. The Balaban J connectivity index is 2.19. The molecule has 4 unspecified atom stereocenters. The maximum atomic E-state index is 14.4. The van der Waals surface area contributed by atoms with Crippen molar-refractivity contribution < 1.29 is 31.4 Å². The van der Waals surface area contributed by atoms with Crippen LogP contribution in [0.3, 0.4) is 0 Å². The number of rotatable bonds is 4. The summed E-state index contributed by atoms with van der Waals surface area (Å²) in [4.78, 5) is 0. The summed E-state index contributed by atoms with van der Waals surface area (Å²) in [5.74, 6) is -3.68. The number of aliphatic hydroxyl groups is 1. The van der Waals surface area contributed by atoms with Crippen molar-refractivity contribution in [2.45, 2.75) is 44.4 Å². The van der Waals surface area contributed by atoms with Gasteiger partial charge in [0, 0.05) is 12.0 Å². The van der Waals surface area contributed by atoms with Crippen molar-refractivity contribution in [2.24, 2.45) is 0 Å². The van der Waals surface area contributed by atoms with Gasteiger partial charge in [0.05, 0.1) is 11.6 Å². The van der Waals surface area contributed by atoms with Crippen LogP contribution in [0.5, 0.6) is 0 Å². The van der Waals surface area contributed by atoms with Gasteiger partial charge in [-0.3, -0.25) is 0 Å². The predicted octanol–water partition coefficient (Wildman–Crippen LogP) is 4.86. The van der Waals surface area contributed by atoms with Crippen LogP contribution in [0.1, 0.15) is 52.6 Å². The van der Waals surface area contributed by atoms with E-state index < -0.39 is 59.6 Å². The van der Waals surface area contributed by atoms with Crippen LogP contribution in [0.25, 0.3) is 0 Å². The molecule has 28 heavy (non-hydrogen) atoms. The van der Waals surface area contributed by atoms with Crippen LogP contribution in [0, 0.1) is 28.8 Å². The molecule has 4 atom stereocenters. The first-order valence-electron chi connectivity index (χ1n) is 8.48. The van der Waals surface area contributed by atoms with Crippen LogP contribution in [-0.4, -0.2) is 17.4 Å². The van der Waals surface area contributed by atoms with E-state index in [1.54, 1.807) is 6.07 Å². The van der Waals surface area contributed by atoms with E-state index in [1.807, 2.05) is 0 Å². The molecule has 1 aliphatic rings. The van der Waals surface area contributed by atoms with Crippen molar-refractivity contribution in [1.82, 2.24) is 0 Å². The molecule has 0 radical (unpaired) electrons. The molecular weight excluding hydrogens is 384 g/mol. The Kier molecular flexibility index (Phi) is 5.39. The van der Waals surface area contributed by atoms with E-state index in [4.69, 9.17) is 0 Å². The molecule has 0 saturated heterocycles. The minimum absolute atomic E-state index is 0.00164. The van der Waals surface area contributed by atoms with Gasteiger partial charge in [0.1, 0.15) is 24.3 Å². The second-order valence-corrected chi connectivity index (χ2v) is 6.78. The van der Waals surface area contributed by atoms with E-state index in [0.29, 0.717) is 0 Å². The van der Waals surface area contributed by atoms with Crippen molar-refractivity contribution in [3.63, 3.8) is 0 Å². The first-order valence-corrected chi connectivity index (χ1v) is 8.48. The van der Waals surface area contributed by atoms with E-state index >= 15 is 0 Å². The standard InChI is InChI=1S/C20H15F6NO/c1-8(21)18(25)14-5-11(22)2-10(7-27)12(14)3-9-4-15(23)19(26)17-13(9)6-16(24)20(17)28/h2,4-5,8,16,18,20,28H,3,6H2,1H3. The molecule has 0 heterocycles. The molecule has 0 spiro atoms. The maximum Gasteiger partial charge on any atom is 0.165 e. The number of benzene rings is 2. The number of fused-ring (bicyclic) bond motifs is 1. The average molecular weight is 399 g/mol. The van der Waals surface area contributed by atoms with Crippen LogP contribution in [0.4, 0.5) is 26.3 Å². The van der Waals surface area contributed by atoms with Gasteiger partial charge >= 0.3 is 0 Å². The highest BCUT2D eigenvalue weighted by molar-refractivity contribution is 5.51. The lowest BCUT2D eigenvalue weighted by atomic mass is 9.89. The minimum Gasteiger partial charge on any atom is -0.385 e. The molecule has 2 aromatic rings. The van der Waals surface area contributed by atoms with Crippen molar-refractivity contribution >= 4 is 0 Å². The summed E-state index contributed by atoms with van der Waals surface area (Å²) < 4.78 is 83.6. The fraction of sp³-hybridized carbons (Fsp3) is 0.350. The SMILES string of the molecule is CC(F)C(F)c1cc(F)cc(C#N)c1Cc1cc(F)c(F)c2c1CC(F)C2O. The molecule has 1 N–H and O–H groups in total. The first kappa shape index (κ1) is 20.2. The second-order valence-electron chi connectivity index (χ2n) is 6.78. The quantitative estimate of drug-likeness (QED) is 0.746. The maximum absolute atomic E-state index is 14.4. The molecule has 2 aromatic carbocycles. The van der Waals surface area contributed by atoms with Gasteiger partial charge in [-0.1, -0.05) is 0 Å². The number of hydrogen-bond acceptors (Lipinski definition) is 2. The summed E-state index contributed by atoms with van der Waals surface area (Å²) in [6.07, 6.45) is -8.76. The third-order valence-electron chi connectivity index (χ3n) is 4.93. The molecule has 2 nitrogen and oxygen atoms in total. The van der Waals surface area contributed by atoms with E-state index in [1.165, 1.54) is 0 Å². The van der Waals surface area contributed by atoms with Crippen LogP contribution in [-0.2, 0) is 12.8 Å². The van der Waals surface area contributed by atoms with E-state index in [9.17, 15) is 36.7 Å². The molecule has 3 rings (SSSR count). The number of aliphatic hydroxyl groups excluding tert-OH is 1. The van der Waals surface area contributed by atoms with Gasteiger partial charge in [0.2, 0.25) is 0 Å². The highest BCUT2D eigenvalue weighted by Crippen LogP contribution is 2.40. The van der Waals surface area contributed by atoms with Gasteiger partial charge < -0.3 is 5.11 Å². The number of nitrogens with zero attached hydrogens (tertiary/aromatic N) is 1. The molecule has 0 amide bonds. The van der Waals surface area contributed by atoms with Gasteiger partial charge in [-0.25, -0.2) is 26.3 Å². The number of alkyl halides is 3. The van der Waals surface area contributed by atoms with E-state index in [2.05, 4.69) is 0 Å². The lowest BCUT2D eigenvalue weighted by Gasteiger charge is -2.18. The molecule has 0 bridgehead atoms. The van der Waals surface area contributed by atoms with Gasteiger partial charge in [-0.2, -0.15) is 5.26 Å². The van der Waals surface area contributed by atoms with Crippen LogP contribution < -0.4 is 0 Å². The fourth-order valence-electron chi connectivity index (χ4n) is 3.57. The zero-order valence-corrected chi connectivity index (χ0v) is 14.6. The second kappa shape index (κ2) is 7.47.